The average Bonchev–Trinajstić information content (AvgIpc) is 2.81. The summed E-state index contributed by atoms with van der Waals surface area (Å²) in [6.07, 6.45) is 3.45. The first-order chi connectivity index (χ1) is 15.8. The Hall–Kier alpha value is -2.73. The van der Waals surface area contributed by atoms with Crippen molar-refractivity contribution in [3.63, 3.8) is 0 Å². The zero-order chi connectivity index (χ0) is 23.8. The third kappa shape index (κ3) is 7.13. The standard InChI is InChI=1S/C27H37FN4O/c1-20(2)32-15-9-13-27(28,19-32)12-8-14-30-21(3)23-17-24(16-22-10-6-5-7-11-22)31-25(18-23)26(33)29-4/h5-7,10-11,17-18,20,30H,3,8-9,12-16,19H2,1-2,4H3,(H,29,33). The van der Waals surface area contributed by atoms with E-state index in [1.807, 2.05) is 36.4 Å². The lowest BCUT2D eigenvalue weighted by molar-refractivity contribution is 0.0223. The van der Waals surface area contributed by atoms with Gasteiger partial charge in [0, 0.05) is 49.6 Å². The predicted molar refractivity (Wildman–Crippen MR) is 133 cm³/mol. The van der Waals surface area contributed by atoms with Crippen LogP contribution in [0.1, 0.15) is 66.8 Å². The zero-order valence-electron chi connectivity index (χ0n) is 20.2. The van der Waals surface area contributed by atoms with E-state index in [-0.39, 0.29) is 5.91 Å². The summed E-state index contributed by atoms with van der Waals surface area (Å²) in [7, 11) is 1.60. The second kappa shape index (κ2) is 11.4. The van der Waals surface area contributed by atoms with Gasteiger partial charge in [-0.05, 0) is 63.8 Å². The van der Waals surface area contributed by atoms with E-state index in [4.69, 9.17) is 0 Å². The first-order valence-electron chi connectivity index (χ1n) is 11.9. The van der Waals surface area contributed by atoms with Crippen molar-refractivity contribution in [2.45, 2.75) is 57.7 Å². The Labute approximate surface area is 197 Å². The van der Waals surface area contributed by atoms with E-state index < -0.39 is 5.67 Å². The minimum absolute atomic E-state index is 0.231. The van der Waals surface area contributed by atoms with Crippen LogP contribution in [0.15, 0.2) is 49.0 Å². The first-order valence-corrected chi connectivity index (χ1v) is 11.9. The number of piperidine rings is 1. The van der Waals surface area contributed by atoms with Crippen molar-refractivity contribution in [2.24, 2.45) is 0 Å². The van der Waals surface area contributed by atoms with Gasteiger partial charge in [0.2, 0.25) is 0 Å². The van der Waals surface area contributed by atoms with Gasteiger partial charge in [0.15, 0.2) is 0 Å². The summed E-state index contributed by atoms with van der Waals surface area (Å²) in [5.41, 5.74) is 2.73. The van der Waals surface area contributed by atoms with Gasteiger partial charge in [-0.2, -0.15) is 0 Å². The fourth-order valence-corrected chi connectivity index (χ4v) is 4.41. The number of carbonyl (C=O) groups is 1. The second-order valence-electron chi connectivity index (χ2n) is 9.30. The molecule has 2 N–H and O–H groups in total. The summed E-state index contributed by atoms with van der Waals surface area (Å²) < 4.78 is 15.3. The van der Waals surface area contributed by atoms with E-state index in [2.05, 4.69) is 40.9 Å². The molecule has 1 unspecified atom stereocenters. The largest absolute Gasteiger partial charge is 0.385 e. The molecule has 0 aliphatic carbocycles. The van der Waals surface area contributed by atoms with Crippen LogP contribution in [0.4, 0.5) is 4.39 Å². The highest BCUT2D eigenvalue weighted by Crippen LogP contribution is 2.30. The summed E-state index contributed by atoms with van der Waals surface area (Å²) in [5, 5.41) is 5.98. The molecule has 1 aromatic carbocycles. The quantitative estimate of drug-likeness (QED) is 0.518. The lowest BCUT2D eigenvalue weighted by atomic mass is 9.89. The number of halogens is 1. The molecule has 0 spiro atoms. The third-order valence-corrected chi connectivity index (χ3v) is 6.34. The monoisotopic (exact) mass is 452 g/mol. The van der Waals surface area contributed by atoms with E-state index >= 15 is 4.39 Å². The fourth-order valence-electron chi connectivity index (χ4n) is 4.41. The molecule has 0 saturated carbocycles. The number of rotatable bonds is 10. The van der Waals surface area contributed by atoms with Crippen molar-refractivity contribution in [1.29, 1.82) is 0 Å². The van der Waals surface area contributed by atoms with Crippen LogP contribution in [0, 0.1) is 0 Å². The normalized spacial score (nSPS) is 18.8. The molecule has 178 valence electrons. The number of nitrogens with one attached hydrogen (secondary N) is 2. The summed E-state index contributed by atoms with van der Waals surface area (Å²) >= 11 is 0. The maximum Gasteiger partial charge on any atom is 0.269 e. The predicted octanol–water partition coefficient (Wildman–Crippen LogP) is 4.59. The summed E-state index contributed by atoms with van der Waals surface area (Å²) in [6, 6.07) is 14.1. The molecular formula is C27H37FN4O. The lowest BCUT2D eigenvalue weighted by Gasteiger charge is -2.39. The minimum Gasteiger partial charge on any atom is -0.385 e. The molecule has 1 aliphatic rings. The number of carbonyl (C=O) groups excluding carboxylic acids is 1. The van der Waals surface area contributed by atoms with E-state index in [0.29, 0.717) is 44.1 Å². The van der Waals surface area contributed by atoms with Gasteiger partial charge in [-0.1, -0.05) is 36.9 Å². The van der Waals surface area contributed by atoms with Gasteiger partial charge in [0.05, 0.1) is 0 Å². The van der Waals surface area contributed by atoms with Gasteiger partial charge < -0.3 is 10.6 Å². The van der Waals surface area contributed by atoms with Crippen molar-refractivity contribution in [2.75, 3.05) is 26.7 Å². The minimum atomic E-state index is -1.11. The van der Waals surface area contributed by atoms with Gasteiger partial charge >= 0.3 is 0 Å². The van der Waals surface area contributed by atoms with Crippen LogP contribution < -0.4 is 10.6 Å². The van der Waals surface area contributed by atoms with E-state index in [1.54, 1.807) is 13.1 Å². The Bertz CT molecular complexity index is 946. The number of alkyl halides is 1. The molecule has 1 fully saturated rings. The van der Waals surface area contributed by atoms with Crippen molar-refractivity contribution < 1.29 is 9.18 Å². The van der Waals surface area contributed by atoms with Crippen LogP contribution in [0.5, 0.6) is 0 Å². The summed E-state index contributed by atoms with van der Waals surface area (Å²) in [5.74, 6) is -0.231. The van der Waals surface area contributed by atoms with Crippen LogP contribution in [0.25, 0.3) is 5.70 Å². The Balaban J connectivity index is 1.61. The number of pyridine rings is 1. The molecular weight excluding hydrogens is 415 g/mol. The van der Waals surface area contributed by atoms with E-state index in [9.17, 15) is 4.79 Å². The number of hydrogen-bond acceptors (Lipinski definition) is 4. The van der Waals surface area contributed by atoms with Gasteiger partial charge in [-0.15, -0.1) is 0 Å². The van der Waals surface area contributed by atoms with Crippen molar-refractivity contribution in [3.8, 4) is 0 Å². The number of amides is 1. The van der Waals surface area contributed by atoms with E-state index in [1.165, 1.54) is 0 Å². The highest BCUT2D eigenvalue weighted by atomic mass is 19.1. The van der Waals surface area contributed by atoms with Crippen molar-refractivity contribution >= 4 is 11.6 Å². The Morgan fingerprint density at radius 2 is 2.03 bits per heavy atom. The molecule has 1 amide bonds. The van der Waals surface area contributed by atoms with Crippen LogP contribution in [0.2, 0.25) is 0 Å². The number of likely N-dealkylation sites (tertiary alicyclic amines) is 1. The molecule has 3 rings (SSSR count). The SMILES string of the molecule is C=C(NCCCC1(F)CCCN(C(C)C)C1)c1cc(Cc2ccccc2)nc(C(=O)NC)c1. The molecule has 2 aromatic rings. The zero-order valence-corrected chi connectivity index (χ0v) is 20.2. The average molecular weight is 453 g/mol. The Morgan fingerprint density at radius 3 is 2.73 bits per heavy atom. The van der Waals surface area contributed by atoms with Crippen molar-refractivity contribution in [1.82, 2.24) is 20.5 Å². The summed E-state index contributed by atoms with van der Waals surface area (Å²) in [4.78, 5) is 19.0. The topological polar surface area (TPSA) is 57.3 Å². The van der Waals surface area contributed by atoms with Crippen LogP contribution in [-0.4, -0.2) is 54.2 Å². The molecule has 1 saturated heterocycles. The van der Waals surface area contributed by atoms with Crippen LogP contribution in [0.3, 0.4) is 0 Å². The maximum absolute atomic E-state index is 15.3. The number of benzene rings is 1. The van der Waals surface area contributed by atoms with Crippen molar-refractivity contribution in [3.05, 3.63) is 71.6 Å². The van der Waals surface area contributed by atoms with Crippen LogP contribution >= 0.6 is 0 Å². The molecule has 0 bridgehead atoms. The fraction of sp³-hybridized carbons (Fsp3) is 0.481. The number of hydrogen-bond donors (Lipinski definition) is 2. The number of nitrogens with zero attached hydrogens (tertiary/aromatic N) is 2. The molecule has 0 radical (unpaired) electrons. The Morgan fingerprint density at radius 1 is 1.27 bits per heavy atom. The van der Waals surface area contributed by atoms with Gasteiger partial charge in [-0.25, -0.2) is 9.37 Å². The van der Waals surface area contributed by atoms with Gasteiger partial charge in [0.1, 0.15) is 11.4 Å². The smallest absolute Gasteiger partial charge is 0.269 e. The number of aromatic nitrogens is 1. The molecule has 1 atom stereocenters. The molecule has 1 aliphatic heterocycles. The highest BCUT2D eigenvalue weighted by Gasteiger charge is 2.35. The van der Waals surface area contributed by atoms with Gasteiger partial charge in [-0.3, -0.25) is 9.69 Å². The first kappa shape index (κ1) is 24.9. The lowest BCUT2D eigenvalue weighted by Crippen LogP contribution is -2.48. The highest BCUT2D eigenvalue weighted by molar-refractivity contribution is 5.93. The third-order valence-electron chi connectivity index (χ3n) is 6.34. The van der Waals surface area contributed by atoms with Gasteiger partial charge in [0.25, 0.3) is 5.91 Å². The van der Waals surface area contributed by atoms with Crippen LogP contribution in [-0.2, 0) is 6.42 Å². The van der Waals surface area contributed by atoms with E-state index in [0.717, 1.165) is 41.9 Å². The second-order valence-corrected chi connectivity index (χ2v) is 9.30. The Kier molecular flexibility index (Phi) is 8.61. The molecule has 5 nitrogen and oxygen atoms in total. The maximum atomic E-state index is 15.3. The molecule has 6 heteroatoms. The summed E-state index contributed by atoms with van der Waals surface area (Å²) in [6.45, 7) is 10.6. The molecule has 2 heterocycles. The molecule has 33 heavy (non-hydrogen) atoms. The molecule has 1 aromatic heterocycles.